The summed E-state index contributed by atoms with van der Waals surface area (Å²) in [4.78, 5) is 24.8. The van der Waals surface area contributed by atoms with E-state index in [1.807, 2.05) is 19.9 Å². The van der Waals surface area contributed by atoms with Crippen molar-refractivity contribution in [1.29, 1.82) is 0 Å². The lowest BCUT2D eigenvalue weighted by Gasteiger charge is -2.11. The van der Waals surface area contributed by atoms with Crippen molar-refractivity contribution >= 4 is 29.3 Å². The Labute approximate surface area is 177 Å². The molecule has 2 heterocycles. The molecule has 11 heteroatoms. The number of benzene rings is 1. The van der Waals surface area contributed by atoms with Gasteiger partial charge < -0.3 is 16.5 Å². The number of carbonyl (C=O) groups is 2. The number of thioether (sulfide) groups is 1. The van der Waals surface area contributed by atoms with Crippen LogP contribution in [0.3, 0.4) is 0 Å². The fourth-order valence-electron chi connectivity index (χ4n) is 2.94. The number of para-hydroxylation sites is 1. The second-order valence-corrected chi connectivity index (χ2v) is 8.06. The van der Waals surface area contributed by atoms with E-state index in [1.54, 1.807) is 28.9 Å². The molecule has 0 atom stereocenters. The first-order valence-electron chi connectivity index (χ1n) is 9.49. The summed E-state index contributed by atoms with van der Waals surface area (Å²) in [7, 11) is 0. The van der Waals surface area contributed by atoms with Gasteiger partial charge in [0.15, 0.2) is 0 Å². The van der Waals surface area contributed by atoms with E-state index in [4.69, 9.17) is 5.84 Å². The first kappa shape index (κ1) is 20.0. The maximum Gasteiger partial charge on any atom is 0.271 e. The number of nitrogens with two attached hydrogens (primary N) is 1. The monoisotopic (exact) mass is 426 g/mol. The number of aromatic nitrogens is 5. The second-order valence-electron chi connectivity index (χ2n) is 7.12. The van der Waals surface area contributed by atoms with Crippen molar-refractivity contribution in [2.45, 2.75) is 37.9 Å². The number of rotatable bonds is 7. The first-order valence-corrected chi connectivity index (χ1v) is 10.5. The largest absolute Gasteiger partial charge is 0.349 e. The standard InChI is InChI=1S/C19H22N8O2S/c1-11-9-12(2)27(25-11)18-23-24-19(26(18)20)30-10-16(28)22-15-6-4-3-5-14(15)17(29)21-13-7-8-13/h3-6,9,13H,7-8,10,20H2,1-2H3,(H,21,29)(H,22,28). The van der Waals surface area contributed by atoms with Crippen molar-refractivity contribution in [3.05, 3.63) is 47.3 Å². The summed E-state index contributed by atoms with van der Waals surface area (Å²) >= 11 is 1.15. The van der Waals surface area contributed by atoms with Gasteiger partial charge in [-0.2, -0.15) is 5.10 Å². The number of nitrogen functional groups attached to an aromatic ring is 1. The van der Waals surface area contributed by atoms with E-state index in [2.05, 4.69) is 25.9 Å². The Kier molecular flexibility index (Phi) is 5.44. The number of nitrogens with one attached hydrogen (secondary N) is 2. The summed E-state index contributed by atoms with van der Waals surface area (Å²) in [5.41, 5.74) is 2.63. The molecule has 10 nitrogen and oxygen atoms in total. The average molecular weight is 427 g/mol. The first-order chi connectivity index (χ1) is 14.4. The molecule has 1 aliphatic rings. The highest BCUT2D eigenvalue weighted by molar-refractivity contribution is 7.99. The number of hydrogen-bond acceptors (Lipinski definition) is 7. The molecule has 0 spiro atoms. The van der Waals surface area contributed by atoms with E-state index in [1.165, 1.54) is 4.68 Å². The highest BCUT2D eigenvalue weighted by Crippen LogP contribution is 2.22. The summed E-state index contributed by atoms with van der Waals surface area (Å²) in [6.45, 7) is 3.77. The zero-order valence-electron chi connectivity index (χ0n) is 16.6. The fraction of sp³-hybridized carbons (Fsp3) is 0.316. The predicted molar refractivity (Wildman–Crippen MR) is 113 cm³/mol. The van der Waals surface area contributed by atoms with Gasteiger partial charge in [-0.3, -0.25) is 9.59 Å². The van der Waals surface area contributed by atoms with Crippen LogP contribution in [0, 0.1) is 13.8 Å². The Hall–Kier alpha value is -3.34. The van der Waals surface area contributed by atoms with Gasteiger partial charge in [0, 0.05) is 11.7 Å². The van der Waals surface area contributed by atoms with Gasteiger partial charge in [0.2, 0.25) is 11.1 Å². The van der Waals surface area contributed by atoms with Crippen molar-refractivity contribution in [1.82, 2.24) is 30.0 Å². The zero-order valence-corrected chi connectivity index (χ0v) is 17.4. The quantitative estimate of drug-likeness (QED) is 0.384. The van der Waals surface area contributed by atoms with Crippen molar-refractivity contribution in [2.24, 2.45) is 0 Å². The van der Waals surface area contributed by atoms with Crippen molar-refractivity contribution < 1.29 is 9.59 Å². The Bertz CT molecular complexity index is 1100. The summed E-state index contributed by atoms with van der Waals surface area (Å²) < 4.78 is 2.90. The summed E-state index contributed by atoms with van der Waals surface area (Å²) in [6.07, 6.45) is 1.99. The van der Waals surface area contributed by atoms with Gasteiger partial charge in [-0.1, -0.05) is 23.9 Å². The number of nitrogens with zero attached hydrogens (tertiary/aromatic N) is 5. The van der Waals surface area contributed by atoms with E-state index in [9.17, 15) is 9.59 Å². The van der Waals surface area contributed by atoms with E-state index >= 15 is 0 Å². The molecule has 156 valence electrons. The lowest BCUT2D eigenvalue weighted by atomic mass is 10.1. The Morgan fingerprint density at radius 2 is 2.00 bits per heavy atom. The zero-order chi connectivity index (χ0) is 21.3. The van der Waals surface area contributed by atoms with Crippen LogP contribution in [0.1, 0.15) is 34.6 Å². The molecule has 0 aliphatic heterocycles. The smallest absolute Gasteiger partial charge is 0.271 e. The topological polar surface area (TPSA) is 133 Å². The molecule has 3 aromatic rings. The van der Waals surface area contributed by atoms with Crippen LogP contribution >= 0.6 is 11.8 Å². The molecule has 1 aromatic carbocycles. The third-order valence-corrected chi connectivity index (χ3v) is 5.48. The highest BCUT2D eigenvalue weighted by Gasteiger charge is 2.25. The minimum atomic E-state index is -0.276. The van der Waals surface area contributed by atoms with Crippen LogP contribution < -0.4 is 16.5 Å². The number of amides is 2. The molecule has 2 aromatic heterocycles. The molecule has 4 rings (SSSR count). The van der Waals surface area contributed by atoms with Crippen LogP contribution in [-0.4, -0.2) is 48.3 Å². The van der Waals surface area contributed by atoms with Gasteiger partial charge in [0.05, 0.1) is 22.7 Å². The molecule has 0 radical (unpaired) electrons. The molecule has 0 unspecified atom stereocenters. The molecular weight excluding hydrogens is 404 g/mol. The summed E-state index contributed by atoms with van der Waals surface area (Å²) in [6, 6.07) is 9.08. The number of carbonyl (C=O) groups excluding carboxylic acids is 2. The average Bonchev–Trinajstić information content (AvgIpc) is 3.36. The van der Waals surface area contributed by atoms with Crippen molar-refractivity contribution in [2.75, 3.05) is 16.9 Å². The van der Waals surface area contributed by atoms with Crippen LogP contribution in [0.5, 0.6) is 0 Å². The molecule has 1 saturated carbocycles. The number of anilines is 1. The third-order valence-electron chi connectivity index (χ3n) is 4.54. The van der Waals surface area contributed by atoms with Crippen molar-refractivity contribution in [3.63, 3.8) is 0 Å². The molecule has 4 N–H and O–H groups in total. The SMILES string of the molecule is Cc1cc(C)n(-c2nnc(SCC(=O)Nc3ccccc3C(=O)NC3CC3)n2N)n1. The fourth-order valence-corrected chi connectivity index (χ4v) is 3.59. The molecule has 1 fully saturated rings. The maximum atomic E-state index is 12.5. The van der Waals surface area contributed by atoms with Gasteiger partial charge in [-0.05, 0) is 44.9 Å². The summed E-state index contributed by atoms with van der Waals surface area (Å²) in [5, 5.41) is 18.6. The molecule has 0 bridgehead atoms. The molecule has 30 heavy (non-hydrogen) atoms. The lowest BCUT2D eigenvalue weighted by Crippen LogP contribution is -2.27. The molecule has 1 aliphatic carbocycles. The van der Waals surface area contributed by atoms with E-state index in [0.29, 0.717) is 22.4 Å². The third kappa shape index (κ3) is 4.30. The van der Waals surface area contributed by atoms with Gasteiger partial charge in [0.25, 0.3) is 11.9 Å². The molecular formula is C19H22N8O2S. The maximum absolute atomic E-state index is 12.5. The van der Waals surface area contributed by atoms with Gasteiger partial charge >= 0.3 is 0 Å². The molecule has 0 saturated heterocycles. The van der Waals surface area contributed by atoms with Gasteiger partial charge in [0.1, 0.15) is 0 Å². The lowest BCUT2D eigenvalue weighted by molar-refractivity contribution is -0.113. The minimum Gasteiger partial charge on any atom is -0.349 e. The summed E-state index contributed by atoms with van der Waals surface area (Å²) in [5.74, 6) is 6.06. The Morgan fingerprint density at radius 1 is 1.23 bits per heavy atom. The predicted octanol–water partition coefficient (Wildman–Crippen LogP) is 1.42. The van der Waals surface area contributed by atoms with Gasteiger partial charge in [-0.15, -0.1) is 10.2 Å². The van der Waals surface area contributed by atoms with Crippen LogP contribution in [0.15, 0.2) is 35.5 Å². The Balaban J connectivity index is 1.40. The minimum absolute atomic E-state index is 0.0605. The van der Waals surface area contributed by atoms with Crippen LogP contribution in [-0.2, 0) is 4.79 Å². The number of hydrogen-bond donors (Lipinski definition) is 3. The molecule has 2 amide bonds. The van der Waals surface area contributed by atoms with Crippen molar-refractivity contribution in [3.8, 4) is 5.95 Å². The van der Waals surface area contributed by atoms with Gasteiger partial charge in [-0.25, -0.2) is 9.36 Å². The van der Waals surface area contributed by atoms with Crippen LogP contribution in [0.4, 0.5) is 5.69 Å². The number of aryl methyl sites for hydroxylation is 2. The van der Waals surface area contributed by atoms with Crippen LogP contribution in [0.2, 0.25) is 0 Å². The van der Waals surface area contributed by atoms with E-state index in [0.717, 1.165) is 36.0 Å². The van der Waals surface area contributed by atoms with E-state index < -0.39 is 0 Å². The van der Waals surface area contributed by atoms with E-state index in [-0.39, 0.29) is 23.6 Å². The normalized spacial score (nSPS) is 13.3. The second kappa shape index (κ2) is 8.19. The van der Waals surface area contributed by atoms with Crippen LogP contribution in [0.25, 0.3) is 5.95 Å². The Morgan fingerprint density at radius 3 is 2.70 bits per heavy atom. The highest BCUT2D eigenvalue weighted by atomic mass is 32.2.